The summed E-state index contributed by atoms with van der Waals surface area (Å²) in [5.74, 6) is 0.953. The van der Waals surface area contributed by atoms with Gasteiger partial charge in [-0.3, -0.25) is 4.98 Å². The molecule has 0 fully saturated rings. The van der Waals surface area contributed by atoms with Crippen LogP contribution in [0.25, 0.3) is 5.57 Å². The Bertz CT molecular complexity index is 1130. The van der Waals surface area contributed by atoms with E-state index in [1.807, 2.05) is 24.4 Å². The van der Waals surface area contributed by atoms with E-state index in [1.165, 1.54) is 22.1 Å². The van der Waals surface area contributed by atoms with Crippen LogP contribution in [-0.4, -0.2) is 22.5 Å². The summed E-state index contributed by atoms with van der Waals surface area (Å²) >= 11 is 0. The van der Waals surface area contributed by atoms with E-state index in [1.54, 1.807) is 0 Å². The van der Waals surface area contributed by atoms with E-state index in [0.717, 1.165) is 22.8 Å². The van der Waals surface area contributed by atoms with Gasteiger partial charge in [-0.15, -0.1) is 0 Å². The molecule has 0 aliphatic carbocycles. The van der Waals surface area contributed by atoms with E-state index in [4.69, 9.17) is 4.99 Å². The Morgan fingerprint density at radius 1 is 0.857 bits per heavy atom. The Kier molecular flexibility index (Phi) is 3.98. The summed E-state index contributed by atoms with van der Waals surface area (Å²) in [6.07, 6.45) is 8.25. The first-order valence-electron chi connectivity index (χ1n) is 9.56. The normalized spacial score (nSPS) is 14.9. The highest BCUT2D eigenvalue weighted by molar-refractivity contribution is 6.87. The fourth-order valence-corrected chi connectivity index (χ4v) is 4.15. The largest absolute Gasteiger partial charge is 0.368 e. The Labute approximate surface area is 165 Å². The van der Waals surface area contributed by atoms with Crippen molar-refractivity contribution < 1.29 is 0 Å². The van der Waals surface area contributed by atoms with Crippen molar-refractivity contribution in [2.24, 2.45) is 4.99 Å². The van der Waals surface area contributed by atoms with Crippen molar-refractivity contribution in [1.82, 2.24) is 9.79 Å². The smallest absolute Gasteiger partial charge is 0.331 e. The predicted octanol–water partition coefficient (Wildman–Crippen LogP) is 3.76. The van der Waals surface area contributed by atoms with Gasteiger partial charge < -0.3 is 4.81 Å². The topological polar surface area (TPSA) is 28.5 Å². The maximum atomic E-state index is 4.97. The number of hydrogen-bond acceptors (Lipinski definition) is 3. The molecular weight excluding hydrogens is 341 g/mol. The molecule has 0 atom stereocenters. The van der Waals surface area contributed by atoms with Gasteiger partial charge in [0.25, 0.3) is 0 Å². The minimum atomic E-state index is 0.114. The number of nitrogens with zero attached hydrogens (tertiary/aromatic N) is 3. The molecule has 3 aromatic rings. The van der Waals surface area contributed by atoms with E-state index < -0.39 is 0 Å². The standard InChI is InChI=1S/C24H20BN3/c1-17-8-7-9-18(2)24(17)25-20-10-3-4-12-22(20)27-23-16-19(13-15-28(23)25)21-11-5-6-14-26-21/h3-16H,1-2H3. The molecule has 0 radical (unpaired) electrons. The molecule has 0 saturated heterocycles. The van der Waals surface area contributed by atoms with Gasteiger partial charge in [-0.25, -0.2) is 4.99 Å². The van der Waals surface area contributed by atoms with Gasteiger partial charge in [0.15, 0.2) is 0 Å². The molecule has 0 bridgehead atoms. The van der Waals surface area contributed by atoms with Crippen molar-refractivity contribution >= 4 is 34.9 Å². The van der Waals surface area contributed by atoms with Crippen molar-refractivity contribution in [3.8, 4) is 0 Å². The van der Waals surface area contributed by atoms with Gasteiger partial charge in [0.1, 0.15) is 5.84 Å². The average Bonchev–Trinajstić information content (AvgIpc) is 2.73. The fourth-order valence-electron chi connectivity index (χ4n) is 4.15. The van der Waals surface area contributed by atoms with Crippen LogP contribution in [0.3, 0.4) is 0 Å². The van der Waals surface area contributed by atoms with Gasteiger partial charge >= 0.3 is 6.85 Å². The monoisotopic (exact) mass is 361 g/mol. The number of benzene rings is 2. The summed E-state index contributed by atoms with van der Waals surface area (Å²) in [7, 11) is 0. The number of amidine groups is 1. The van der Waals surface area contributed by atoms with Crippen LogP contribution >= 0.6 is 0 Å². The first kappa shape index (κ1) is 16.8. The maximum absolute atomic E-state index is 4.97. The lowest BCUT2D eigenvalue weighted by Gasteiger charge is -2.36. The van der Waals surface area contributed by atoms with Gasteiger partial charge in [0.05, 0.1) is 11.4 Å². The number of pyridine rings is 1. The molecule has 3 nitrogen and oxygen atoms in total. The number of fused-ring (bicyclic) bond motifs is 2. The molecule has 0 amide bonds. The molecule has 2 aliphatic heterocycles. The molecular formula is C24H20BN3. The summed E-state index contributed by atoms with van der Waals surface area (Å²) in [6, 6.07) is 21.0. The number of aliphatic imine (C=N–C) groups is 1. The number of rotatable bonds is 2. The molecule has 4 heteroatoms. The maximum Gasteiger partial charge on any atom is 0.331 e. The summed E-state index contributed by atoms with van der Waals surface area (Å²) in [5, 5.41) is 0. The van der Waals surface area contributed by atoms with Crippen molar-refractivity contribution in [1.29, 1.82) is 0 Å². The Hall–Kier alpha value is -3.40. The molecule has 0 unspecified atom stereocenters. The first-order valence-corrected chi connectivity index (χ1v) is 9.56. The molecule has 28 heavy (non-hydrogen) atoms. The van der Waals surface area contributed by atoms with Crippen LogP contribution in [0.5, 0.6) is 0 Å². The van der Waals surface area contributed by atoms with Crippen molar-refractivity contribution in [2.75, 3.05) is 0 Å². The van der Waals surface area contributed by atoms with Gasteiger partial charge in [-0.05, 0) is 61.3 Å². The highest BCUT2D eigenvalue weighted by Gasteiger charge is 2.36. The molecule has 0 N–H and O–H groups in total. The van der Waals surface area contributed by atoms with Crippen LogP contribution in [0.1, 0.15) is 16.8 Å². The lowest BCUT2D eigenvalue weighted by Crippen LogP contribution is -2.59. The summed E-state index contributed by atoms with van der Waals surface area (Å²) in [6.45, 7) is 4.50. The second-order valence-corrected chi connectivity index (χ2v) is 7.27. The first-order chi connectivity index (χ1) is 13.7. The zero-order chi connectivity index (χ0) is 19.1. The van der Waals surface area contributed by atoms with Crippen LogP contribution in [-0.2, 0) is 0 Å². The highest BCUT2D eigenvalue weighted by Crippen LogP contribution is 2.26. The summed E-state index contributed by atoms with van der Waals surface area (Å²) in [5.41, 5.74) is 8.26. The van der Waals surface area contributed by atoms with Crippen LogP contribution in [0.2, 0.25) is 0 Å². The van der Waals surface area contributed by atoms with E-state index in [9.17, 15) is 0 Å². The molecule has 0 saturated carbocycles. The van der Waals surface area contributed by atoms with Crippen molar-refractivity contribution in [3.05, 3.63) is 102 Å². The van der Waals surface area contributed by atoms with E-state index in [-0.39, 0.29) is 6.85 Å². The van der Waals surface area contributed by atoms with E-state index in [0.29, 0.717) is 0 Å². The SMILES string of the molecule is Cc1cccc(C)c1B1c2ccccc2N=C2C=C(c3ccccn3)C=CN12. The summed E-state index contributed by atoms with van der Waals surface area (Å²) in [4.78, 5) is 11.7. The van der Waals surface area contributed by atoms with Crippen molar-refractivity contribution in [2.45, 2.75) is 13.8 Å². The fraction of sp³-hybridized carbons (Fsp3) is 0.0833. The molecule has 2 aliphatic rings. The van der Waals surface area contributed by atoms with E-state index >= 15 is 0 Å². The molecule has 2 aromatic carbocycles. The number of aromatic nitrogens is 1. The van der Waals surface area contributed by atoms with E-state index in [2.05, 4.69) is 84.5 Å². The Morgan fingerprint density at radius 3 is 2.43 bits per heavy atom. The number of para-hydroxylation sites is 1. The van der Waals surface area contributed by atoms with Crippen LogP contribution in [0, 0.1) is 13.8 Å². The molecule has 0 spiro atoms. The number of hydrogen-bond donors (Lipinski definition) is 0. The highest BCUT2D eigenvalue weighted by atomic mass is 15.1. The zero-order valence-corrected chi connectivity index (χ0v) is 16.0. The van der Waals surface area contributed by atoms with Crippen LogP contribution in [0.4, 0.5) is 5.69 Å². The third-order valence-electron chi connectivity index (χ3n) is 5.48. The van der Waals surface area contributed by atoms with Gasteiger partial charge in [0, 0.05) is 11.8 Å². The predicted molar refractivity (Wildman–Crippen MR) is 118 cm³/mol. The van der Waals surface area contributed by atoms with Crippen molar-refractivity contribution in [3.63, 3.8) is 0 Å². The third kappa shape index (κ3) is 2.69. The lowest BCUT2D eigenvalue weighted by molar-refractivity contribution is 0.864. The van der Waals surface area contributed by atoms with Crippen LogP contribution in [0.15, 0.2) is 90.2 Å². The van der Waals surface area contributed by atoms with Gasteiger partial charge in [-0.2, -0.15) is 0 Å². The minimum absolute atomic E-state index is 0.114. The van der Waals surface area contributed by atoms with Crippen LogP contribution < -0.4 is 10.9 Å². The molecule has 134 valence electrons. The Balaban J connectivity index is 1.69. The second-order valence-electron chi connectivity index (χ2n) is 7.27. The Morgan fingerprint density at radius 2 is 1.64 bits per heavy atom. The quantitative estimate of drug-likeness (QED) is 0.651. The van der Waals surface area contributed by atoms with Gasteiger partial charge in [0.2, 0.25) is 0 Å². The molecule has 5 rings (SSSR count). The van der Waals surface area contributed by atoms with Gasteiger partial charge in [-0.1, -0.05) is 53.6 Å². The second kappa shape index (κ2) is 6.64. The number of aryl methyl sites for hydroxylation is 2. The summed E-state index contributed by atoms with van der Waals surface area (Å²) < 4.78 is 0. The molecule has 3 heterocycles. The minimum Gasteiger partial charge on any atom is -0.368 e. The molecule has 1 aromatic heterocycles. The zero-order valence-electron chi connectivity index (χ0n) is 16.0. The third-order valence-corrected chi connectivity index (χ3v) is 5.48. The average molecular weight is 361 g/mol. The number of allylic oxidation sites excluding steroid dienone is 2. The lowest BCUT2D eigenvalue weighted by atomic mass is 9.46.